The van der Waals surface area contributed by atoms with Crippen molar-refractivity contribution in [2.75, 3.05) is 31.1 Å². The van der Waals surface area contributed by atoms with E-state index in [9.17, 15) is 18.0 Å². The molecule has 0 saturated carbocycles. The van der Waals surface area contributed by atoms with Gasteiger partial charge in [-0.05, 0) is 50.6 Å². The van der Waals surface area contributed by atoms with Crippen molar-refractivity contribution in [3.05, 3.63) is 76.5 Å². The Balaban J connectivity index is 1.52. The maximum absolute atomic E-state index is 12.9. The molecule has 1 aliphatic rings. The molecule has 2 aromatic carbocycles. The topological polar surface area (TPSA) is 49.3 Å². The molecule has 0 spiro atoms. The van der Waals surface area contributed by atoms with Gasteiger partial charge >= 0.3 is 6.18 Å². The van der Waals surface area contributed by atoms with Crippen molar-refractivity contribution in [1.29, 1.82) is 0 Å². The smallest absolute Gasteiger partial charge is 0.353 e. The lowest BCUT2D eigenvalue weighted by Crippen LogP contribution is -2.49. The van der Waals surface area contributed by atoms with Gasteiger partial charge in [-0.3, -0.25) is 4.79 Å². The van der Waals surface area contributed by atoms with E-state index in [0.717, 1.165) is 46.8 Å². The van der Waals surface area contributed by atoms with E-state index in [0.29, 0.717) is 32.0 Å². The van der Waals surface area contributed by atoms with Crippen LogP contribution < -0.4 is 4.90 Å². The van der Waals surface area contributed by atoms with Gasteiger partial charge in [0.2, 0.25) is 0 Å². The highest BCUT2D eigenvalue weighted by Gasteiger charge is 2.31. The fourth-order valence-electron chi connectivity index (χ4n) is 4.28. The van der Waals surface area contributed by atoms with Gasteiger partial charge in [-0.1, -0.05) is 30.7 Å². The van der Waals surface area contributed by atoms with Crippen LogP contribution in [0.5, 0.6) is 0 Å². The molecule has 1 saturated heterocycles. The number of benzene rings is 2. The summed E-state index contributed by atoms with van der Waals surface area (Å²) in [7, 11) is 0. The number of carbonyl (C=O) groups excluding carboxylic acids is 1. The van der Waals surface area contributed by atoms with Crippen molar-refractivity contribution < 1.29 is 18.0 Å². The van der Waals surface area contributed by atoms with Crippen molar-refractivity contribution >= 4 is 11.7 Å². The summed E-state index contributed by atoms with van der Waals surface area (Å²) in [4.78, 5) is 26.3. The summed E-state index contributed by atoms with van der Waals surface area (Å²) in [6.07, 6.45) is -3.63. The number of halogens is 3. The number of alkyl halides is 3. The van der Waals surface area contributed by atoms with E-state index in [1.54, 1.807) is 4.90 Å². The zero-order chi connectivity index (χ0) is 24.5. The average molecular weight is 469 g/mol. The predicted octanol–water partition coefficient (Wildman–Crippen LogP) is 5.30. The quantitative estimate of drug-likeness (QED) is 0.521. The monoisotopic (exact) mass is 468 g/mol. The number of rotatable bonds is 4. The molecule has 1 fully saturated rings. The summed E-state index contributed by atoms with van der Waals surface area (Å²) in [5.74, 6) is 1.30. The Hall–Kier alpha value is -3.42. The van der Waals surface area contributed by atoms with Crippen LogP contribution in [0.25, 0.3) is 11.4 Å². The fraction of sp³-hybridized carbons (Fsp3) is 0.346. The van der Waals surface area contributed by atoms with Gasteiger partial charge in [0.05, 0.1) is 5.56 Å². The third-order valence-corrected chi connectivity index (χ3v) is 6.15. The summed E-state index contributed by atoms with van der Waals surface area (Å²) in [6, 6.07) is 12.5. The van der Waals surface area contributed by atoms with Crippen LogP contribution in [0.1, 0.15) is 39.7 Å². The lowest BCUT2D eigenvalue weighted by atomic mass is 10.1. The van der Waals surface area contributed by atoms with Crippen LogP contribution in [0.15, 0.2) is 48.5 Å². The second kappa shape index (κ2) is 9.44. The predicted molar refractivity (Wildman–Crippen MR) is 126 cm³/mol. The molecule has 0 unspecified atom stereocenters. The third-order valence-electron chi connectivity index (χ3n) is 6.15. The lowest BCUT2D eigenvalue weighted by molar-refractivity contribution is -0.137. The Morgan fingerprint density at radius 1 is 0.971 bits per heavy atom. The standard InChI is InChI=1S/C26H27F3N4O/c1-4-22-18(3)30-23(20-7-5-6-17(2)16-20)31-24(22)32-12-14-33(15-13-32)25(34)19-8-10-21(11-9-19)26(27,28)29/h5-11,16H,4,12-15H2,1-3H3. The number of anilines is 1. The molecule has 8 heteroatoms. The minimum atomic E-state index is -4.42. The molecule has 0 aliphatic carbocycles. The van der Waals surface area contributed by atoms with E-state index >= 15 is 0 Å². The Kier molecular flexibility index (Phi) is 6.59. The Morgan fingerprint density at radius 3 is 2.24 bits per heavy atom. The van der Waals surface area contributed by atoms with Crippen LogP contribution >= 0.6 is 0 Å². The van der Waals surface area contributed by atoms with Gasteiger partial charge in [-0.25, -0.2) is 9.97 Å². The zero-order valence-corrected chi connectivity index (χ0v) is 19.5. The third kappa shape index (κ3) is 4.90. The van der Waals surface area contributed by atoms with Crippen LogP contribution in [0.2, 0.25) is 0 Å². The molecule has 5 nitrogen and oxygen atoms in total. The van der Waals surface area contributed by atoms with Crippen molar-refractivity contribution in [1.82, 2.24) is 14.9 Å². The molecular formula is C26H27F3N4O. The molecule has 3 aromatic rings. The highest BCUT2D eigenvalue weighted by atomic mass is 19.4. The Bertz CT molecular complexity index is 1180. The molecule has 0 radical (unpaired) electrons. The van der Waals surface area contributed by atoms with Crippen molar-refractivity contribution in [3.8, 4) is 11.4 Å². The summed E-state index contributed by atoms with van der Waals surface area (Å²) >= 11 is 0. The van der Waals surface area contributed by atoms with Crippen molar-refractivity contribution in [3.63, 3.8) is 0 Å². The van der Waals surface area contributed by atoms with E-state index < -0.39 is 11.7 Å². The summed E-state index contributed by atoms with van der Waals surface area (Å²) in [6.45, 7) is 8.20. The molecule has 34 heavy (non-hydrogen) atoms. The SMILES string of the molecule is CCc1c(C)nc(-c2cccc(C)c2)nc1N1CCN(C(=O)c2ccc(C(F)(F)F)cc2)CC1. The second-order valence-corrected chi connectivity index (χ2v) is 8.51. The van der Waals surface area contributed by atoms with Gasteiger partial charge in [-0.15, -0.1) is 0 Å². The van der Waals surface area contributed by atoms with E-state index in [4.69, 9.17) is 9.97 Å². The summed E-state index contributed by atoms with van der Waals surface area (Å²) in [5.41, 5.74) is 3.62. The Labute approximate surface area is 197 Å². The first-order valence-electron chi connectivity index (χ1n) is 11.3. The largest absolute Gasteiger partial charge is 0.416 e. The zero-order valence-electron chi connectivity index (χ0n) is 19.5. The number of hydrogen-bond donors (Lipinski definition) is 0. The molecule has 0 bridgehead atoms. The normalized spacial score (nSPS) is 14.4. The van der Waals surface area contributed by atoms with Gasteiger partial charge < -0.3 is 9.80 Å². The molecule has 4 rings (SSSR count). The van der Waals surface area contributed by atoms with Crippen molar-refractivity contribution in [2.45, 2.75) is 33.4 Å². The van der Waals surface area contributed by atoms with Crippen LogP contribution in [0, 0.1) is 13.8 Å². The van der Waals surface area contributed by atoms with Crippen LogP contribution in [-0.4, -0.2) is 47.0 Å². The summed E-state index contributed by atoms with van der Waals surface area (Å²) < 4.78 is 38.4. The van der Waals surface area contributed by atoms with Crippen LogP contribution in [0.3, 0.4) is 0 Å². The number of hydrogen-bond acceptors (Lipinski definition) is 4. The van der Waals surface area contributed by atoms with Gasteiger partial charge in [0, 0.05) is 48.6 Å². The number of nitrogens with zero attached hydrogens (tertiary/aromatic N) is 4. The molecule has 0 N–H and O–H groups in total. The Morgan fingerprint density at radius 2 is 1.65 bits per heavy atom. The van der Waals surface area contributed by atoms with E-state index in [1.165, 1.54) is 12.1 Å². The first-order chi connectivity index (χ1) is 16.2. The van der Waals surface area contributed by atoms with Gasteiger partial charge in [0.1, 0.15) is 5.82 Å². The minimum Gasteiger partial charge on any atom is -0.353 e. The van der Waals surface area contributed by atoms with E-state index in [-0.39, 0.29) is 11.5 Å². The highest BCUT2D eigenvalue weighted by molar-refractivity contribution is 5.94. The second-order valence-electron chi connectivity index (χ2n) is 8.51. The molecule has 178 valence electrons. The van der Waals surface area contributed by atoms with Gasteiger partial charge in [-0.2, -0.15) is 13.2 Å². The number of aromatic nitrogens is 2. The first-order valence-corrected chi connectivity index (χ1v) is 11.3. The first kappa shape index (κ1) is 23.7. The van der Waals surface area contributed by atoms with Crippen LogP contribution in [0.4, 0.5) is 19.0 Å². The maximum atomic E-state index is 12.9. The minimum absolute atomic E-state index is 0.260. The van der Waals surface area contributed by atoms with Crippen LogP contribution in [-0.2, 0) is 12.6 Å². The van der Waals surface area contributed by atoms with Gasteiger partial charge in [0.15, 0.2) is 5.82 Å². The number of amides is 1. The number of aryl methyl sites for hydroxylation is 2. The molecule has 1 aromatic heterocycles. The molecule has 1 aliphatic heterocycles. The molecule has 1 amide bonds. The number of carbonyl (C=O) groups is 1. The molecule has 0 atom stereocenters. The van der Waals surface area contributed by atoms with Crippen molar-refractivity contribution in [2.24, 2.45) is 0 Å². The number of piperazine rings is 1. The average Bonchev–Trinajstić information content (AvgIpc) is 2.83. The molecule has 2 heterocycles. The molecular weight excluding hydrogens is 441 g/mol. The van der Waals surface area contributed by atoms with Gasteiger partial charge in [0.25, 0.3) is 5.91 Å². The summed E-state index contributed by atoms with van der Waals surface area (Å²) in [5, 5.41) is 0. The van der Waals surface area contributed by atoms with E-state index in [1.807, 2.05) is 32.0 Å². The van der Waals surface area contributed by atoms with E-state index in [2.05, 4.69) is 17.9 Å². The maximum Gasteiger partial charge on any atom is 0.416 e. The fourth-order valence-corrected chi connectivity index (χ4v) is 4.28. The lowest BCUT2D eigenvalue weighted by Gasteiger charge is -2.36. The highest BCUT2D eigenvalue weighted by Crippen LogP contribution is 2.30.